The molecule has 0 spiro atoms. The molecule has 18 heavy (non-hydrogen) atoms. The Balaban J connectivity index is 2.21. The van der Waals surface area contributed by atoms with Crippen LogP contribution in [0.1, 0.15) is 10.4 Å². The van der Waals surface area contributed by atoms with E-state index in [1.165, 1.54) is 6.33 Å². The van der Waals surface area contributed by atoms with Crippen molar-refractivity contribution in [1.29, 1.82) is 0 Å². The molecule has 0 saturated heterocycles. The van der Waals surface area contributed by atoms with Gasteiger partial charge in [0.1, 0.15) is 23.8 Å². The summed E-state index contributed by atoms with van der Waals surface area (Å²) < 4.78 is 1.85. The van der Waals surface area contributed by atoms with E-state index >= 15 is 0 Å². The fraction of sp³-hybridized carbons (Fsp3) is 0.0769. The first-order valence-corrected chi connectivity index (χ1v) is 5.47. The Kier molecular flexibility index (Phi) is 2.37. The van der Waals surface area contributed by atoms with Crippen LogP contribution in [-0.2, 0) is 7.05 Å². The molecule has 0 unspecified atom stereocenters. The second-order valence-corrected chi connectivity index (χ2v) is 3.99. The molecule has 5 heteroatoms. The number of imidazole rings is 1. The molecule has 3 rings (SSSR count). The smallest absolute Gasteiger partial charge is 0.163 e. The lowest BCUT2D eigenvalue weighted by molar-refractivity contribution is 0.112. The maximum atomic E-state index is 10.6. The number of hydrogen-bond donors (Lipinski definition) is 0. The van der Waals surface area contributed by atoms with Crippen LogP contribution in [0.3, 0.4) is 0 Å². The van der Waals surface area contributed by atoms with Gasteiger partial charge >= 0.3 is 0 Å². The van der Waals surface area contributed by atoms with Gasteiger partial charge in [-0.2, -0.15) is 0 Å². The topological polar surface area (TPSA) is 60.7 Å². The predicted octanol–water partition coefficient (Wildman–Crippen LogP) is 1.84. The molecule has 0 bridgehead atoms. The second kappa shape index (κ2) is 4.03. The monoisotopic (exact) mass is 238 g/mol. The molecule has 88 valence electrons. The fourth-order valence-corrected chi connectivity index (χ4v) is 1.88. The molecule has 0 N–H and O–H groups in total. The zero-order valence-electron chi connectivity index (χ0n) is 9.74. The summed E-state index contributed by atoms with van der Waals surface area (Å²) in [5, 5.41) is 0. The van der Waals surface area contributed by atoms with Gasteiger partial charge in [0, 0.05) is 18.2 Å². The van der Waals surface area contributed by atoms with Gasteiger partial charge in [-0.1, -0.05) is 24.3 Å². The number of aryl methyl sites for hydroxylation is 1. The number of aldehydes is 1. The molecule has 0 saturated carbocycles. The minimum atomic E-state index is 0.644. The Hall–Kier alpha value is -2.56. The molecule has 0 radical (unpaired) electrons. The molecule has 0 aliphatic carbocycles. The number of fused-ring (bicyclic) bond motifs is 1. The molecule has 3 aromatic rings. The van der Waals surface area contributed by atoms with Crippen molar-refractivity contribution in [2.75, 3.05) is 0 Å². The van der Waals surface area contributed by atoms with E-state index in [1.54, 1.807) is 18.5 Å². The summed E-state index contributed by atoms with van der Waals surface area (Å²) in [6.45, 7) is 0. The summed E-state index contributed by atoms with van der Waals surface area (Å²) in [6.07, 6.45) is 4.05. The summed E-state index contributed by atoms with van der Waals surface area (Å²) in [5.74, 6) is 0. The van der Waals surface area contributed by atoms with Crippen molar-refractivity contribution in [3.05, 3.63) is 42.5 Å². The Bertz CT molecular complexity index is 715. The molecule has 1 aromatic carbocycles. The van der Waals surface area contributed by atoms with Crippen LogP contribution in [0.25, 0.3) is 22.4 Å². The van der Waals surface area contributed by atoms with Gasteiger partial charge in [-0.15, -0.1) is 0 Å². The van der Waals surface area contributed by atoms with Gasteiger partial charge in [-0.25, -0.2) is 15.0 Å². The number of hydrogen-bond acceptors (Lipinski definition) is 4. The van der Waals surface area contributed by atoms with E-state index in [1.807, 2.05) is 23.7 Å². The first kappa shape index (κ1) is 10.6. The molecule has 5 nitrogen and oxygen atoms in total. The van der Waals surface area contributed by atoms with E-state index in [-0.39, 0.29) is 0 Å². The number of aromatic nitrogens is 4. The van der Waals surface area contributed by atoms with Crippen LogP contribution >= 0.6 is 0 Å². The summed E-state index contributed by atoms with van der Waals surface area (Å²) in [7, 11) is 1.89. The summed E-state index contributed by atoms with van der Waals surface area (Å²) >= 11 is 0. The van der Waals surface area contributed by atoms with Gasteiger partial charge in [0.05, 0.1) is 6.33 Å². The highest BCUT2D eigenvalue weighted by atomic mass is 16.1. The van der Waals surface area contributed by atoms with Crippen molar-refractivity contribution >= 4 is 17.5 Å². The average Bonchev–Trinajstić information content (AvgIpc) is 2.81. The summed E-state index contributed by atoms with van der Waals surface area (Å²) in [6, 6.07) is 7.25. The lowest BCUT2D eigenvalue weighted by Crippen LogP contribution is -1.92. The highest BCUT2D eigenvalue weighted by Crippen LogP contribution is 2.23. The van der Waals surface area contributed by atoms with Gasteiger partial charge in [-0.05, 0) is 0 Å². The number of rotatable bonds is 2. The van der Waals surface area contributed by atoms with E-state index in [0.717, 1.165) is 28.7 Å². The van der Waals surface area contributed by atoms with E-state index in [4.69, 9.17) is 0 Å². The number of carbonyl (C=O) groups excluding carboxylic acids is 1. The van der Waals surface area contributed by atoms with Crippen molar-refractivity contribution in [3.8, 4) is 11.3 Å². The molecule has 2 aromatic heterocycles. The first-order valence-electron chi connectivity index (χ1n) is 5.47. The third-order valence-corrected chi connectivity index (χ3v) is 2.82. The molecule has 0 atom stereocenters. The first-order chi connectivity index (χ1) is 8.79. The molecule has 0 aliphatic rings. The normalized spacial score (nSPS) is 10.7. The van der Waals surface area contributed by atoms with Crippen molar-refractivity contribution in [3.63, 3.8) is 0 Å². The van der Waals surface area contributed by atoms with Crippen molar-refractivity contribution in [1.82, 2.24) is 19.5 Å². The van der Waals surface area contributed by atoms with E-state index < -0.39 is 0 Å². The van der Waals surface area contributed by atoms with E-state index in [2.05, 4.69) is 15.0 Å². The maximum absolute atomic E-state index is 10.6. The van der Waals surface area contributed by atoms with Gasteiger partial charge in [0.2, 0.25) is 0 Å². The van der Waals surface area contributed by atoms with Crippen molar-refractivity contribution < 1.29 is 4.79 Å². The minimum Gasteiger partial charge on any atom is -0.318 e. The summed E-state index contributed by atoms with van der Waals surface area (Å²) in [5.41, 5.74) is 3.90. The van der Waals surface area contributed by atoms with Crippen LogP contribution < -0.4 is 0 Å². The van der Waals surface area contributed by atoms with Crippen LogP contribution in [0.4, 0.5) is 0 Å². The predicted molar refractivity (Wildman–Crippen MR) is 67.1 cm³/mol. The van der Waals surface area contributed by atoms with Crippen LogP contribution in [0.15, 0.2) is 36.9 Å². The van der Waals surface area contributed by atoms with Gasteiger partial charge in [0.15, 0.2) is 5.65 Å². The van der Waals surface area contributed by atoms with E-state index in [9.17, 15) is 4.79 Å². The Morgan fingerprint density at radius 2 is 1.89 bits per heavy atom. The standard InChI is InChI=1S/C13H10N4O/c1-17-8-16-12-11(14-7-15-13(12)17)10-4-2-9(6-18)3-5-10/h2-8H,1H3. The molecule has 0 aliphatic heterocycles. The number of nitrogens with zero attached hydrogens (tertiary/aromatic N) is 4. The van der Waals surface area contributed by atoms with Crippen LogP contribution in [0, 0.1) is 0 Å². The number of benzene rings is 1. The van der Waals surface area contributed by atoms with Gasteiger partial charge in [-0.3, -0.25) is 4.79 Å². The quantitative estimate of drug-likeness (QED) is 0.639. The fourth-order valence-electron chi connectivity index (χ4n) is 1.88. The molecule has 0 amide bonds. The third-order valence-electron chi connectivity index (χ3n) is 2.82. The Morgan fingerprint density at radius 1 is 1.11 bits per heavy atom. The maximum Gasteiger partial charge on any atom is 0.163 e. The molecular formula is C13H10N4O. The highest BCUT2D eigenvalue weighted by molar-refractivity contribution is 5.87. The Morgan fingerprint density at radius 3 is 2.61 bits per heavy atom. The largest absolute Gasteiger partial charge is 0.318 e. The zero-order chi connectivity index (χ0) is 12.5. The lowest BCUT2D eigenvalue weighted by atomic mass is 10.1. The van der Waals surface area contributed by atoms with Gasteiger partial charge < -0.3 is 4.57 Å². The van der Waals surface area contributed by atoms with Crippen molar-refractivity contribution in [2.45, 2.75) is 0 Å². The molecule has 0 fully saturated rings. The minimum absolute atomic E-state index is 0.644. The average molecular weight is 238 g/mol. The summed E-state index contributed by atoms with van der Waals surface area (Å²) in [4.78, 5) is 23.4. The van der Waals surface area contributed by atoms with Crippen LogP contribution in [0.5, 0.6) is 0 Å². The molecule has 2 heterocycles. The third kappa shape index (κ3) is 1.57. The molecular weight excluding hydrogens is 228 g/mol. The SMILES string of the molecule is Cn1cnc2c(-c3ccc(C=O)cc3)ncnc21. The van der Waals surface area contributed by atoms with Crippen molar-refractivity contribution in [2.24, 2.45) is 7.05 Å². The number of carbonyl (C=O) groups is 1. The zero-order valence-corrected chi connectivity index (χ0v) is 9.74. The van der Waals surface area contributed by atoms with Gasteiger partial charge in [0.25, 0.3) is 0 Å². The van der Waals surface area contributed by atoms with Crippen LogP contribution in [-0.4, -0.2) is 25.8 Å². The Labute approximate surface area is 103 Å². The lowest BCUT2D eigenvalue weighted by Gasteiger charge is -2.01. The highest BCUT2D eigenvalue weighted by Gasteiger charge is 2.09. The van der Waals surface area contributed by atoms with E-state index in [0.29, 0.717) is 5.56 Å². The second-order valence-electron chi connectivity index (χ2n) is 3.99. The van der Waals surface area contributed by atoms with Crippen LogP contribution in [0.2, 0.25) is 0 Å².